The van der Waals surface area contributed by atoms with E-state index in [-0.39, 0.29) is 23.5 Å². The molecule has 1 fully saturated rings. The van der Waals surface area contributed by atoms with Gasteiger partial charge in [-0.05, 0) is 51.2 Å². The van der Waals surface area contributed by atoms with Gasteiger partial charge in [0.15, 0.2) is 0 Å². The van der Waals surface area contributed by atoms with E-state index in [1.807, 2.05) is 20.8 Å². The molecular weight excluding hydrogens is 372 g/mol. The molecule has 2 aromatic rings. The van der Waals surface area contributed by atoms with Crippen LogP contribution in [0, 0.1) is 5.92 Å². The summed E-state index contributed by atoms with van der Waals surface area (Å²) >= 11 is 0. The van der Waals surface area contributed by atoms with Crippen molar-refractivity contribution in [2.45, 2.75) is 103 Å². The van der Waals surface area contributed by atoms with Crippen molar-refractivity contribution in [2.24, 2.45) is 5.92 Å². The van der Waals surface area contributed by atoms with Gasteiger partial charge in [-0.2, -0.15) is 0 Å². The van der Waals surface area contributed by atoms with Crippen LogP contribution >= 0.6 is 0 Å². The molecule has 1 saturated carbocycles. The summed E-state index contributed by atoms with van der Waals surface area (Å²) in [6.45, 7) is 10.4. The highest BCUT2D eigenvalue weighted by molar-refractivity contribution is 5.88. The molecular formula is C26H38N2O2. The number of aromatic amines is 1. The number of hydrogen-bond acceptors (Lipinski definition) is 3. The molecule has 2 heterocycles. The Hall–Kier alpha value is -1.81. The first-order valence-electron chi connectivity index (χ1n) is 11.9. The van der Waals surface area contributed by atoms with E-state index in [1.165, 1.54) is 41.4 Å². The second-order valence-electron chi connectivity index (χ2n) is 10.4. The molecule has 4 rings (SSSR count). The molecule has 0 unspecified atom stereocenters. The number of H-pyrrole nitrogens is 1. The van der Waals surface area contributed by atoms with Crippen molar-refractivity contribution in [3.05, 3.63) is 35.5 Å². The van der Waals surface area contributed by atoms with E-state index in [0.29, 0.717) is 5.92 Å². The molecule has 4 heteroatoms. The van der Waals surface area contributed by atoms with Crippen molar-refractivity contribution in [1.82, 2.24) is 10.3 Å². The predicted octanol–water partition coefficient (Wildman–Crippen LogP) is 6.16. The summed E-state index contributed by atoms with van der Waals surface area (Å²) in [5.74, 6) is 0.447. The van der Waals surface area contributed by atoms with Crippen LogP contribution in [0.2, 0.25) is 0 Å². The van der Waals surface area contributed by atoms with Gasteiger partial charge in [0.05, 0.1) is 5.54 Å². The van der Waals surface area contributed by atoms with Crippen molar-refractivity contribution in [3.8, 4) is 0 Å². The van der Waals surface area contributed by atoms with Crippen LogP contribution in [0.1, 0.15) is 96.7 Å². The lowest BCUT2D eigenvalue weighted by Crippen LogP contribution is -2.60. The number of benzene rings is 1. The number of nitrogens with one attached hydrogen (secondary N) is 2. The van der Waals surface area contributed by atoms with Gasteiger partial charge in [-0.25, -0.2) is 0 Å². The quantitative estimate of drug-likeness (QED) is 0.593. The maximum Gasteiger partial charge on any atom is 0.324 e. The van der Waals surface area contributed by atoms with Crippen molar-refractivity contribution in [3.63, 3.8) is 0 Å². The first-order chi connectivity index (χ1) is 14.3. The second kappa shape index (κ2) is 8.03. The summed E-state index contributed by atoms with van der Waals surface area (Å²) in [6, 6.07) is 8.32. The van der Waals surface area contributed by atoms with E-state index in [4.69, 9.17) is 4.74 Å². The van der Waals surface area contributed by atoms with Gasteiger partial charge in [0.25, 0.3) is 0 Å². The lowest BCUT2D eigenvalue weighted by atomic mass is 9.67. The molecule has 30 heavy (non-hydrogen) atoms. The zero-order valence-corrected chi connectivity index (χ0v) is 19.3. The average molecular weight is 411 g/mol. The Morgan fingerprint density at radius 1 is 1.13 bits per heavy atom. The SMILES string of the molecule is CCC(CC)[C@H]1c2c([nH]c3ccccc23)C2(CCCCC2)N[C@@H]1C(=O)OC(C)(C)C. The largest absolute Gasteiger partial charge is 0.459 e. The third kappa shape index (κ3) is 3.68. The summed E-state index contributed by atoms with van der Waals surface area (Å²) in [4.78, 5) is 17.4. The van der Waals surface area contributed by atoms with Crippen molar-refractivity contribution in [1.29, 1.82) is 0 Å². The van der Waals surface area contributed by atoms with Gasteiger partial charge < -0.3 is 9.72 Å². The summed E-state index contributed by atoms with van der Waals surface area (Å²) in [7, 11) is 0. The van der Waals surface area contributed by atoms with Crippen LogP contribution < -0.4 is 5.32 Å². The molecule has 2 N–H and O–H groups in total. The van der Waals surface area contributed by atoms with E-state index in [9.17, 15) is 4.79 Å². The van der Waals surface area contributed by atoms with Crippen molar-refractivity contribution in [2.75, 3.05) is 0 Å². The van der Waals surface area contributed by atoms with Crippen LogP contribution in [0.15, 0.2) is 24.3 Å². The minimum absolute atomic E-state index is 0.0970. The highest BCUT2D eigenvalue weighted by Gasteiger charge is 2.51. The summed E-state index contributed by atoms with van der Waals surface area (Å²) in [5, 5.41) is 5.18. The Morgan fingerprint density at radius 2 is 1.80 bits per heavy atom. The lowest BCUT2D eigenvalue weighted by molar-refractivity contribution is -0.160. The average Bonchev–Trinajstić information content (AvgIpc) is 3.10. The normalized spacial score (nSPS) is 23.7. The minimum Gasteiger partial charge on any atom is -0.459 e. The highest BCUT2D eigenvalue weighted by Crippen LogP contribution is 2.50. The summed E-state index contributed by atoms with van der Waals surface area (Å²) in [5.41, 5.74) is 3.25. The Kier molecular flexibility index (Phi) is 5.73. The molecule has 164 valence electrons. The molecule has 0 radical (unpaired) electrons. The topological polar surface area (TPSA) is 54.1 Å². The Bertz CT molecular complexity index is 897. The van der Waals surface area contributed by atoms with E-state index in [1.54, 1.807) is 0 Å². The fourth-order valence-electron chi connectivity index (χ4n) is 5.94. The van der Waals surface area contributed by atoms with Crippen molar-refractivity contribution >= 4 is 16.9 Å². The highest BCUT2D eigenvalue weighted by atomic mass is 16.6. The van der Waals surface area contributed by atoms with E-state index in [2.05, 4.69) is 48.4 Å². The molecule has 1 spiro atoms. The third-order valence-corrected chi connectivity index (χ3v) is 7.27. The van der Waals surface area contributed by atoms with Gasteiger partial charge in [0, 0.05) is 22.5 Å². The molecule has 1 aliphatic carbocycles. The summed E-state index contributed by atoms with van der Waals surface area (Å²) in [6.07, 6.45) is 7.90. The Morgan fingerprint density at radius 3 is 2.43 bits per heavy atom. The number of fused-ring (bicyclic) bond motifs is 4. The first-order valence-corrected chi connectivity index (χ1v) is 11.9. The molecule has 1 aromatic carbocycles. The Balaban J connectivity index is 1.92. The number of carbonyl (C=O) groups is 1. The number of para-hydroxylation sites is 1. The van der Waals surface area contributed by atoms with Crippen LogP contribution in [0.5, 0.6) is 0 Å². The van der Waals surface area contributed by atoms with E-state index >= 15 is 0 Å². The lowest BCUT2D eigenvalue weighted by Gasteiger charge is -2.49. The standard InChI is InChI=1S/C26H38N2O2/c1-6-17(7-2)20-21-18-13-9-10-14-19(18)27-23(21)26(15-11-8-12-16-26)28-22(20)24(29)30-25(3,4)5/h9-10,13-14,17,20,22,27-28H,6-8,11-12,15-16H2,1-5H3/t20-,22-/m0/s1. The van der Waals surface area contributed by atoms with Crippen LogP contribution in [0.25, 0.3) is 10.9 Å². The zero-order chi connectivity index (χ0) is 21.5. The van der Waals surface area contributed by atoms with Crippen LogP contribution in [-0.2, 0) is 15.1 Å². The molecule has 2 aliphatic rings. The summed E-state index contributed by atoms with van der Waals surface area (Å²) < 4.78 is 5.97. The zero-order valence-electron chi connectivity index (χ0n) is 19.3. The van der Waals surface area contributed by atoms with E-state index < -0.39 is 5.60 Å². The van der Waals surface area contributed by atoms with Crippen LogP contribution in [0.3, 0.4) is 0 Å². The molecule has 1 aromatic heterocycles. The number of hydrogen-bond donors (Lipinski definition) is 2. The number of carbonyl (C=O) groups excluding carboxylic acids is 1. The Labute approximate surface area is 181 Å². The number of ether oxygens (including phenoxy) is 1. The molecule has 0 bridgehead atoms. The van der Waals surface area contributed by atoms with Gasteiger partial charge in [-0.3, -0.25) is 10.1 Å². The van der Waals surface area contributed by atoms with Crippen LogP contribution in [0.4, 0.5) is 0 Å². The molecule has 4 nitrogen and oxygen atoms in total. The predicted molar refractivity (Wildman–Crippen MR) is 123 cm³/mol. The second-order valence-corrected chi connectivity index (χ2v) is 10.4. The smallest absolute Gasteiger partial charge is 0.324 e. The van der Waals surface area contributed by atoms with Gasteiger partial charge >= 0.3 is 5.97 Å². The van der Waals surface area contributed by atoms with Gasteiger partial charge in [0.2, 0.25) is 0 Å². The fourth-order valence-corrected chi connectivity index (χ4v) is 5.94. The van der Waals surface area contributed by atoms with Crippen LogP contribution in [-0.4, -0.2) is 22.6 Å². The van der Waals surface area contributed by atoms with Crippen molar-refractivity contribution < 1.29 is 9.53 Å². The maximum absolute atomic E-state index is 13.6. The number of rotatable bonds is 4. The fraction of sp³-hybridized carbons (Fsp3) is 0.654. The molecule has 2 atom stereocenters. The molecule has 1 aliphatic heterocycles. The first kappa shape index (κ1) is 21.4. The number of esters is 1. The van der Waals surface area contributed by atoms with E-state index in [0.717, 1.165) is 25.7 Å². The molecule has 0 amide bonds. The van der Waals surface area contributed by atoms with Gasteiger partial charge in [0.1, 0.15) is 11.6 Å². The third-order valence-electron chi connectivity index (χ3n) is 7.27. The minimum atomic E-state index is -0.489. The molecule has 0 saturated heterocycles. The van der Waals surface area contributed by atoms with Gasteiger partial charge in [-0.1, -0.05) is 64.2 Å². The van der Waals surface area contributed by atoms with Gasteiger partial charge in [-0.15, -0.1) is 0 Å². The number of aromatic nitrogens is 1. The monoisotopic (exact) mass is 410 g/mol. The maximum atomic E-state index is 13.6.